The maximum absolute atomic E-state index is 11.8. The number of nitrogens with one attached hydrogen (secondary N) is 1. The van der Waals surface area contributed by atoms with Crippen LogP contribution in [0.5, 0.6) is 0 Å². The molecule has 0 aromatic heterocycles. The maximum Gasteiger partial charge on any atom is 0.253 e. The molecule has 0 bridgehead atoms. The van der Waals surface area contributed by atoms with Crippen LogP contribution in [-0.2, 0) is 4.74 Å². The van der Waals surface area contributed by atoms with Gasteiger partial charge in [-0.05, 0) is 37.0 Å². The molecule has 0 spiro atoms. The molecular weight excluding hydrogens is 254 g/mol. The van der Waals surface area contributed by atoms with Crippen LogP contribution in [0.1, 0.15) is 23.2 Å². The van der Waals surface area contributed by atoms with Crippen molar-refractivity contribution in [1.29, 1.82) is 0 Å². The molecule has 1 fully saturated rings. The molecule has 1 saturated heterocycles. The maximum atomic E-state index is 11.8. The third-order valence-corrected chi connectivity index (χ3v) is 3.60. The number of amides is 1. The first-order valence-electron chi connectivity index (χ1n) is 7.00. The standard InChI is InChI=1S/C15H23N3O2/c1-18(2)15(19)12-3-4-14(13(16)9-12)17-7-5-11-6-8-20-10-11/h3-4,9,11,17H,5-8,10,16H2,1-2H3. The van der Waals surface area contributed by atoms with E-state index >= 15 is 0 Å². The molecular formula is C15H23N3O2. The number of nitrogen functional groups attached to an aromatic ring is 1. The summed E-state index contributed by atoms with van der Waals surface area (Å²) in [6, 6.07) is 5.40. The number of carbonyl (C=O) groups excluding carboxylic acids is 1. The Morgan fingerprint density at radius 2 is 2.30 bits per heavy atom. The van der Waals surface area contributed by atoms with Crippen LogP contribution in [0.4, 0.5) is 11.4 Å². The summed E-state index contributed by atoms with van der Waals surface area (Å²) >= 11 is 0. The number of benzene rings is 1. The van der Waals surface area contributed by atoms with Crippen LogP contribution in [0, 0.1) is 5.92 Å². The lowest BCUT2D eigenvalue weighted by Gasteiger charge is -2.14. The number of nitrogens with zero attached hydrogens (tertiary/aromatic N) is 1. The molecule has 1 unspecified atom stereocenters. The molecule has 1 aromatic carbocycles. The molecule has 20 heavy (non-hydrogen) atoms. The van der Waals surface area contributed by atoms with Gasteiger partial charge in [-0.25, -0.2) is 0 Å². The van der Waals surface area contributed by atoms with E-state index in [2.05, 4.69) is 5.32 Å². The van der Waals surface area contributed by atoms with Crippen molar-refractivity contribution in [3.63, 3.8) is 0 Å². The van der Waals surface area contributed by atoms with E-state index in [1.54, 1.807) is 31.1 Å². The Bertz CT molecular complexity index is 468. The third-order valence-electron chi connectivity index (χ3n) is 3.60. The normalized spacial score (nSPS) is 18.0. The van der Waals surface area contributed by atoms with Gasteiger partial charge in [0, 0.05) is 39.4 Å². The molecule has 1 amide bonds. The highest BCUT2D eigenvalue weighted by Gasteiger charge is 2.15. The van der Waals surface area contributed by atoms with Crippen molar-refractivity contribution in [2.45, 2.75) is 12.8 Å². The van der Waals surface area contributed by atoms with Crippen LogP contribution in [0.15, 0.2) is 18.2 Å². The van der Waals surface area contributed by atoms with Crippen molar-refractivity contribution < 1.29 is 9.53 Å². The second-order valence-corrected chi connectivity index (χ2v) is 5.45. The number of anilines is 2. The fourth-order valence-electron chi connectivity index (χ4n) is 2.34. The van der Waals surface area contributed by atoms with Crippen LogP contribution in [0.25, 0.3) is 0 Å². The fraction of sp³-hybridized carbons (Fsp3) is 0.533. The smallest absolute Gasteiger partial charge is 0.253 e. The zero-order valence-corrected chi connectivity index (χ0v) is 12.2. The van der Waals surface area contributed by atoms with E-state index in [1.165, 1.54) is 0 Å². The molecule has 5 nitrogen and oxygen atoms in total. The molecule has 1 aliphatic rings. The van der Waals surface area contributed by atoms with Gasteiger partial charge in [-0.15, -0.1) is 0 Å². The van der Waals surface area contributed by atoms with Gasteiger partial charge >= 0.3 is 0 Å². The molecule has 3 N–H and O–H groups in total. The highest BCUT2D eigenvalue weighted by molar-refractivity contribution is 5.95. The van der Waals surface area contributed by atoms with Gasteiger partial charge in [0.2, 0.25) is 0 Å². The van der Waals surface area contributed by atoms with Crippen molar-refractivity contribution in [3.8, 4) is 0 Å². The van der Waals surface area contributed by atoms with Crippen LogP contribution in [-0.4, -0.2) is 44.7 Å². The van der Waals surface area contributed by atoms with E-state index in [4.69, 9.17) is 10.5 Å². The molecule has 1 aliphatic heterocycles. The van der Waals surface area contributed by atoms with Gasteiger partial charge in [0.25, 0.3) is 5.91 Å². The lowest BCUT2D eigenvalue weighted by molar-refractivity contribution is 0.0827. The molecule has 1 heterocycles. The summed E-state index contributed by atoms with van der Waals surface area (Å²) < 4.78 is 5.35. The van der Waals surface area contributed by atoms with E-state index in [-0.39, 0.29) is 5.91 Å². The number of hydrogen-bond acceptors (Lipinski definition) is 4. The Balaban J connectivity index is 1.90. The Morgan fingerprint density at radius 3 is 2.90 bits per heavy atom. The molecule has 0 radical (unpaired) electrons. The number of carbonyl (C=O) groups is 1. The Kier molecular flexibility index (Phi) is 4.84. The Labute approximate surface area is 120 Å². The summed E-state index contributed by atoms with van der Waals surface area (Å²) in [4.78, 5) is 13.4. The lowest BCUT2D eigenvalue weighted by Crippen LogP contribution is -2.21. The van der Waals surface area contributed by atoms with Crippen LogP contribution in [0.3, 0.4) is 0 Å². The SMILES string of the molecule is CN(C)C(=O)c1ccc(NCCC2CCOC2)c(N)c1. The van der Waals surface area contributed by atoms with Gasteiger partial charge in [0.15, 0.2) is 0 Å². The van der Waals surface area contributed by atoms with Gasteiger partial charge in [0.1, 0.15) is 0 Å². The zero-order chi connectivity index (χ0) is 14.5. The van der Waals surface area contributed by atoms with E-state index in [0.717, 1.165) is 38.3 Å². The third kappa shape index (κ3) is 3.63. The topological polar surface area (TPSA) is 67.6 Å². The monoisotopic (exact) mass is 277 g/mol. The second-order valence-electron chi connectivity index (χ2n) is 5.45. The van der Waals surface area contributed by atoms with Crippen molar-refractivity contribution in [2.75, 3.05) is 44.9 Å². The predicted molar refractivity (Wildman–Crippen MR) is 80.9 cm³/mol. The number of ether oxygens (including phenoxy) is 1. The summed E-state index contributed by atoms with van der Waals surface area (Å²) in [5.74, 6) is 0.615. The van der Waals surface area contributed by atoms with Gasteiger partial charge in [0.05, 0.1) is 11.4 Å². The number of nitrogens with two attached hydrogens (primary N) is 1. The van der Waals surface area contributed by atoms with Gasteiger partial charge in [-0.3, -0.25) is 4.79 Å². The van der Waals surface area contributed by atoms with E-state index < -0.39 is 0 Å². The van der Waals surface area contributed by atoms with Crippen molar-refractivity contribution in [2.24, 2.45) is 5.92 Å². The number of rotatable bonds is 5. The van der Waals surface area contributed by atoms with Crippen LogP contribution in [0.2, 0.25) is 0 Å². The second kappa shape index (κ2) is 6.61. The average Bonchev–Trinajstić information content (AvgIpc) is 2.92. The van der Waals surface area contributed by atoms with Gasteiger partial charge < -0.3 is 20.7 Å². The molecule has 5 heteroatoms. The summed E-state index contributed by atoms with van der Waals surface area (Å²) in [6.45, 7) is 2.63. The number of hydrogen-bond donors (Lipinski definition) is 2. The van der Waals surface area contributed by atoms with Crippen molar-refractivity contribution >= 4 is 17.3 Å². The van der Waals surface area contributed by atoms with E-state index in [0.29, 0.717) is 17.2 Å². The predicted octanol–water partition coefficient (Wildman–Crippen LogP) is 1.81. The summed E-state index contributed by atoms with van der Waals surface area (Å²) in [5, 5.41) is 3.33. The van der Waals surface area contributed by atoms with Crippen LogP contribution >= 0.6 is 0 Å². The summed E-state index contributed by atoms with van der Waals surface area (Å²) in [5.41, 5.74) is 8.11. The van der Waals surface area contributed by atoms with E-state index in [1.807, 2.05) is 6.07 Å². The minimum absolute atomic E-state index is 0.0358. The first kappa shape index (κ1) is 14.7. The van der Waals surface area contributed by atoms with Crippen molar-refractivity contribution in [1.82, 2.24) is 4.90 Å². The first-order valence-corrected chi connectivity index (χ1v) is 7.00. The molecule has 2 rings (SSSR count). The lowest BCUT2D eigenvalue weighted by atomic mass is 10.1. The highest BCUT2D eigenvalue weighted by atomic mass is 16.5. The Morgan fingerprint density at radius 1 is 1.50 bits per heavy atom. The molecule has 0 aliphatic carbocycles. The minimum atomic E-state index is -0.0358. The van der Waals surface area contributed by atoms with Gasteiger partial charge in [-0.1, -0.05) is 0 Å². The average molecular weight is 277 g/mol. The fourth-order valence-corrected chi connectivity index (χ4v) is 2.34. The summed E-state index contributed by atoms with van der Waals surface area (Å²) in [6.07, 6.45) is 2.23. The van der Waals surface area contributed by atoms with E-state index in [9.17, 15) is 4.79 Å². The molecule has 0 saturated carbocycles. The highest BCUT2D eigenvalue weighted by Crippen LogP contribution is 2.22. The van der Waals surface area contributed by atoms with Crippen molar-refractivity contribution in [3.05, 3.63) is 23.8 Å². The Hall–Kier alpha value is -1.75. The molecule has 1 aromatic rings. The quantitative estimate of drug-likeness (QED) is 0.805. The largest absolute Gasteiger partial charge is 0.397 e. The first-order chi connectivity index (χ1) is 9.58. The molecule has 110 valence electrons. The van der Waals surface area contributed by atoms with Crippen LogP contribution < -0.4 is 11.1 Å². The summed E-state index contributed by atoms with van der Waals surface area (Å²) in [7, 11) is 3.46. The minimum Gasteiger partial charge on any atom is -0.397 e. The zero-order valence-electron chi connectivity index (χ0n) is 12.2. The molecule has 1 atom stereocenters. The van der Waals surface area contributed by atoms with Gasteiger partial charge in [-0.2, -0.15) is 0 Å².